The molecule has 1 heterocycles. The number of carbonyl (C=O) groups is 2. The molecule has 1 atom stereocenters. The first-order chi connectivity index (χ1) is 13.9. The minimum absolute atomic E-state index is 0.198. The summed E-state index contributed by atoms with van der Waals surface area (Å²) >= 11 is 0. The molecule has 1 aliphatic carbocycles. The molecule has 0 radical (unpaired) electrons. The second-order valence-electron chi connectivity index (χ2n) is 8.14. The molecule has 0 spiro atoms. The highest BCUT2D eigenvalue weighted by molar-refractivity contribution is 5.95. The highest BCUT2D eigenvalue weighted by Gasteiger charge is 2.37. The molecule has 1 aromatic rings. The third-order valence-electron chi connectivity index (χ3n) is 6.04. The third-order valence-corrected chi connectivity index (χ3v) is 6.04. The number of nitrogens with one attached hydrogen (secondary N) is 1. The first-order valence-corrected chi connectivity index (χ1v) is 10.6. The van der Waals surface area contributed by atoms with Gasteiger partial charge in [-0.05, 0) is 39.3 Å². The average molecular weight is 400 g/mol. The van der Waals surface area contributed by atoms with Crippen LogP contribution in [0.1, 0.15) is 56.2 Å². The number of hydrogen-bond donors (Lipinski definition) is 1. The maximum atomic E-state index is 13.0. The molecule has 2 amide bonds. The fourth-order valence-electron chi connectivity index (χ4n) is 4.38. The van der Waals surface area contributed by atoms with Gasteiger partial charge in [0.25, 0.3) is 0 Å². The number of aryl methyl sites for hydroxylation is 1. The van der Waals surface area contributed by atoms with Gasteiger partial charge in [-0.3, -0.25) is 9.80 Å². The Morgan fingerprint density at radius 3 is 2.66 bits per heavy atom. The summed E-state index contributed by atoms with van der Waals surface area (Å²) in [6, 6.07) is 7.69. The van der Waals surface area contributed by atoms with Crippen LogP contribution in [0, 0.1) is 6.92 Å². The molecule has 1 saturated carbocycles. The zero-order valence-corrected chi connectivity index (χ0v) is 18.0. The quantitative estimate of drug-likeness (QED) is 0.740. The second kappa shape index (κ2) is 9.44. The number of likely N-dealkylation sites (N-methyl/N-ethyl adjacent to an activating group) is 2. The Kier molecular flexibility index (Phi) is 6.96. The van der Waals surface area contributed by atoms with Crippen molar-refractivity contribution in [3.63, 3.8) is 0 Å². The van der Waals surface area contributed by atoms with Gasteiger partial charge in [-0.2, -0.15) is 0 Å². The molecule has 1 N–H and O–H groups in total. The summed E-state index contributed by atoms with van der Waals surface area (Å²) in [7, 11) is 3.82. The van der Waals surface area contributed by atoms with E-state index in [1.807, 2.05) is 31.2 Å². The van der Waals surface area contributed by atoms with Crippen molar-refractivity contribution in [1.29, 1.82) is 0 Å². The van der Waals surface area contributed by atoms with E-state index in [1.54, 1.807) is 18.9 Å². The van der Waals surface area contributed by atoms with E-state index in [1.165, 1.54) is 19.3 Å². The van der Waals surface area contributed by atoms with E-state index in [2.05, 4.69) is 17.3 Å². The number of urea groups is 1. The van der Waals surface area contributed by atoms with E-state index in [4.69, 9.17) is 4.74 Å². The van der Waals surface area contributed by atoms with Crippen LogP contribution < -0.4 is 5.32 Å². The number of benzene rings is 1. The Balaban J connectivity index is 2.01. The van der Waals surface area contributed by atoms with Crippen LogP contribution in [-0.4, -0.2) is 55.1 Å². The number of ether oxygens (including phenoxy) is 1. The zero-order valence-electron chi connectivity index (χ0n) is 18.0. The van der Waals surface area contributed by atoms with Crippen molar-refractivity contribution in [3.8, 4) is 0 Å². The van der Waals surface area contributed by atoms with Gasteiger partial charge in [-0.15, -0.1) is 0 Å². The van der Waals surface area contributed by atoms with Crippen molar-refractivity contribution in [1.82, 2.24) is 15.1 Å². The Bertz CT molecular complexity index is 783. The Hall–Kier alpha value is -2.34. The Labute approximate surface area is 173 Å². The van der Waals surface area contributed by atoms with E-state index in [0.717, 1.165) is 29.7 Å². The second-order valence-corrected chi connectivity index (χ2v) is 8.14. The molecule has 1 unspecified atom stereocenters. The molecule has 1 fully saturated rings. The van der Waals surface area contributed by atoms with Crippen LogP contribution in [0.25, 0.3) is 0 Å². The number of esters is 1. The lowest BCUT2D eigenvalue weighted by atomic mass is 9.92. The van der Waals surface area contributed by atoms with Gasteiger partial charge < -0.3 is 10.1 Å². The van der Waals surface area contributed by atoms with Gasteiger partial charge in [0.15, 0.2) is 0 Å². The van der Waals surface area contributed by atoms with Crippen molar-refractivity contribution in [3.05, 3.63) is 46.7 Å². The number of carbonyl (C=O) groups excluding carboxylic acids is 2. The lowest BCUT2D eigenvalue weighted by molar-refractivity contribution is -0.139. The number of hydrogen-bond acceptors (Lipinski definition) is 4. The minimum Gasteiger partial charge on any atom is -0.463 e. The van der Waals surface area contributed by atoms with Crippen LogP contribution in [0.5, 0.6) is 0 Å². The molecule has 29 heavy (non-hydrogen) atoms. The largest absolute Gasteiger partial charge is 0.463 e. The summed E-state index contributed by atoms with van der Waals surface area (Å²) < 4.78 is 5.41. The van der Waals surface area contributed by atoms with E-state index in [-0.39, 0.29) is 12.0 Å². The topological polar surface area (TPSA) is 61.9 Å². The van der Waals surface area contributed by atoms with E-state index in [0.29, 0.717) is 24.8 Å². The van der Waals surface area contributed by atoms with Crippen LogP contribution in [0.4, 0.5) is 4.79 Å². The Morgan fingerprint density at radius 2 is 2.00 bits per heavy atom. The molecule has 3 rings (SSSR count). The summed E-state index contributed by atoms with van der Waals surface area (Å²) in [5, 5.41) is 2.99. The van der Waals surface area contributed by atoms with Gasteiger partial charge in [0.05, 0.1) is 18.2 Å². The minimum atomic E-state index is -0.507. The summed E-state index contributed by atoms with van der Waals surface area (Å²) in [4.78, 5) is 29.6. The fourth-order valence-corrected chi connectivity index (χ4v) is 4.38. The Morgan fingerprint density at radius 1 is 1.28 bits per heavy atom. The zero-order chi connectivity index (χ0) is 21.0. The molecular weight excluding hydrogens is 366 g/mol. The van der Waals surface area contributed by atoms with Crippen molar-refractivity contribution in [2.75, 3.05) is 27.2 Å². The summed E-state index contributed by atoms with van der Waals surface area (Å²) in [5.41, 5.74) is 3.24. The van der Waals surface area contributed by atoms with Crippen LogP contribution in [0.3, 0.4) is 0 Å². The maximum absolute atomic E-state index is 13.0. The van der Waals surface area contributed by atoms with Gasteiger partial charge in [-0.1, -0.05) is 49.1 Å². The molecule has 6 heteroatoms. The lowest BCUT2D eigenvalue weighted by Crippen LogP contribution is -2.50. The van der Waals surface area contributed by atoms with E-state index >= 15 is 0 Å². The standard InChI is InChI=1S/C23H33N3O3/c1-5-29-22(27)20-19(15-25(3)18-12-7-6-8-13-18)26(4)23(28)24-21(20)17-11-9-10-16(2)14-17/h9-11,14,18,21H,5-8,12-13,15H2,1-4H3,(H,24,28). The molecule has 6 nitrogen and oxygen atoms in total. The predicted molar refractivity (Wildman–Crippen MR) is 113 cm³/mol. The first kappa shape index (κ1) is 21.4. The van der Waals surface area contributed by atoms with E-state index in [9.17, 15) is 9.59 Å². The molecule has 0 saturated heterocycles. The SMILES string of the molecule is CCOC(=O)C1=C(CN(C)C2CCCCC2)N(C)C(=O)NC1c1cccc(C)c1. The normalized spacial score (nSPS) is 20.8. The maximum Gasteiger partial charge on any atom is 0.338 e. The van der Waals surface area contributed by atoms with Crippen molar-refractivity contribution in [2.45, 2.75) is 58.0 Å². The number of amides is 2. The van der Waals surface area contributed by atoms with Gasteiger partial charge in [0.1, 0.15) is 0 Å². The van der Waals surface area contributed by atoms with Crippen LogP contribution >= 0.6 is 0 Å². The smallest absolute Gasteiger partial charge is 0.338 e. The lowest BCUT2D eigenvalue weighted by Gasteiger charge is -2.38. The summed E-state index contributed by atoms with van der Waals surface area (Å²) in [6.07, 6.45) is 6.09. The van der Waals surface area contributed by atoms with E-state index < -0.39 is 6.04 Å². The highest BCUT2D eigenvalue weighted by Crippen LogP contribution is 2.32. The van der Waals surface area contributed by atoms with Crippen LogP contribution in [0.2, 0.25) is 0 Å². The molecule has 1 aromatic carbocycles. The van der Waals surface area contributed by atoms with Crippen molar-refractivity contribution >= 4 is 12.0 Å². The molecule has 1 aliphatic heterocycles. The first-order valence-electron chi connectivity index (χ1n) is 10.6. The van der Waals surface area contributed by atoms with Gasteiger partial charge in [0, 0.05) is 25.3 Å². The molecular formula is C23H33N3O3. The fraction of sp³-hybridized carbons (Fsp3) is 0.565. The number of nitrogens with zero attached hydrogens (tertiary/aromatic N) is 2. The van der Waals surface area contributed by atoms with Crippen molar-refractivity contribution < 1.29 is 14.3 Å². The van der Waals surface area contributed by atoms with Crippen LogP contribution in [0.15, 0.2) is 35.5 Å². The molecule has 2 aliphatic rings. The molecule has 0 aromatic heterocycles. The summed E-state index contributed by atoms with van der Waals surface area (Å²) in [5.74, 6) is -0.363. The van der Waals surface area contributed by atoms with Gasteiger partial charge in [0.2, 0.25) is 0 Å². The molecule has 0 bridgehead atoms. The van der Waals surface area contributed by atoms with Crippen LogP contribution in [-0.2, 0) is 9.53 Å². The highest BCUT2D eigenvalue weighted by atomic mass is 16.5. The summed E-state index contributed by atoms with van der Waals surface area (Å²) in [6.45, 7) is 4.65. The predicted octanol–water partition coefficient (Wildman–Crippen LogP) is 3.77. The van der Waals surface area contributed by atoms with Gasteiger partial charge >= 0.3 is 12.0 Å². The van der Waals surface area contributed by atoms with Crippen molar-refractivity contribution in [2.24, 2.45) is 0 Å². The third kappa shape index (κ3) is 4.81. The molecule has 158 valence electrons. The monoisotopic (exact) mass is 399 g/mol. The number of rotatable bonds is 6. The average Bonchev–Trinajstić information content (AvgIpc) is 2.72. The van der Waals surface area contributed by atoms with Gasteiger partial charge in [-0.25, -0.2) is 9.59 Å².